The number of hydrogen-bond donors (Lipinski definition) is 0. The monoisotopic (exact) mass is 192 g/mol. The van der Waals surface area contributed by atoms with E-state index in [2.05, 4.69) is 30.8 Å². The highest BCUT2D eigenvalue weighted by atomic mass is 35.5. The normalized spacial score (nSPS) is 15.8. The minimum atomic E-state index is 0.531. The molecule has 0 nitrogen and oxygen atoms in total. The maximum atomic E-state index is 5.78. The molecule has 1 saturated carbocycles. The van der Waals surface area contributed by atoms with E-state index in [0.717, 1.165) is 11.5 Å². The fourth-order valence-corrected chi connectivity index (χ4v) is 1.79. The summed E-state index contributed by atoms with van der Waals surface area (Å²) in [6.45, 7) is 3.98. The molecule has 0 unspecified atom stereocenters. The van der Waals surface area contributed by atoms with Gasteiger partial charge in [-0.3, -0.25) is 0 Å². The molecule has 2 rings (SSSR count). The van der Waals surface area contributed by atoms with E-state index in [0.29, 0.717) is 5.88 Å². The molecule has 1 aromatic rings. The van der Waals surface area contributed by atoms with E-state index < -0.39 is 0 Å². The molecule has 68 valence electrons. The van der Waals surface area contributed by atoms with Crippen LogP contribution in [0.15, 0.2) is 30.8 Å². The number of halogens is 1. The van der Waals surface area contributed by atoms with Gasteiger partial charge in [0, 0.05) is 5.88 Å². The Bertz CT molecular complexity index is 324. The first-order valence-corrected chi connectivity index (χ1v) is 5.19. The van der Waals surface area contributed by atoms with Crippen molar-refractivity contribution in [1.29, 1.82) is 0 Å². The average Bonchev–Trinajstić information content (AvgIpc) is 3.00. The van der Waals surface area contributed by atoms with Crippen LogP contribution in [-0.4, -0.2) is 5.88 Å². The molecule has 0 radical (unpaired) electrons. The molecule has 0 spiro atoms. The van der Waals surface area contributed by atoms with Gasteiger partial charge in [0.2, 0.25) is 0 Å². The second kappa shape index (κ2) is 3.55. The SMILES string of the molecule is C=C(CCl)c1ccccc1C1CC1. The topological polar surface area (TPSA) is 0 Å². The Labute approximate surface area is 84.2 Å². The van der Waals surface area contributed by atoms with Crippen LogP contribution in [0.25, 0.3) is 5.57 Å². The Morgan fingerprint density at radius 3 is 2.69 bits per heavy atom. The molecule has 1 aliphatic rings. The minimum Gasteiger partial charge on any atom is -0.122 e. The van der Waals surface area contributed by atoms with Gasteiger partial charge in [-0.1, -0.05) is 30.8 Å². The molecule has 0 aliphatic heterocycles. The predicted molar refractivity (Wildman–Crippen MR) is 58.2 cm³/mol. The molecule has 1 fully saturated rings. The standard InChI is InChI=1S/C12H13Cl/c1-9(8-13)11-4-2-3-5-12(11)10-6-7-10/h2-5,10H,1,6-8H2. The first-order valence-electron chi connectivity index (χ1n) is 4.66. The van der Waals surface area contributed by atoms with Crippen LogP contribution >= 0.6 is 11.6 Å². The molecule has 13 heavy (non-hydrogen) atoms. The van der Waals surface area contributed by atoms with Gasteiger partial charge in [-0.25, -0.2) is 0 Å². The maximum Gasteiger partial charge on any atom is 0.0474 e. The van der Waals surface area contributed by atoms with Crippen molar-refractivity contribution >= 4 is 17.2 Å². The van der Waals surface area contributed by atoms with Crippen molar-refractivity contribution in [3.63, 3.8) is 0 Å². The Morgan fingerprint density at radius 2 is 2.08 bits per heavy atom. The molecule has 0 bridgehead atoms. The number of allylic oxidation sites excluding steroid dienone is 1. The van der Waals surface area contributed by atoms with Gasteiger partial charge < -0.3 is 0 Å². The molecule has 0 aromatic heterocycles. The summed E-state index contributed by atoms with van der Waals surface area (Å²) in [6.07, 6.45) is 2.65. The molecule has 1 heteroatoms. The quantitative estimate of drug-likeness (QED) is 0.639. The van der Waals surface area contributed by atoms with Gasteiger partial charge in [0.15, 0.2) is 0 Å². The van der Waals surface area contributed by atoms with E-state index in [1.165, 1.54) is 24.0 Å². The molecule has 0 atom stereocenters. The second-order valence-electron chi connectivity index (χ2n) is 3.60. The van der Waals surface area contributed by atoms with Crippen LogP contribution in [0, 0.1) is 0 Å². The molecule has 0 saturated heterocycles. The molecule has 1 aromatic carbocycles. The Hall–Kier alpha value is -0.750. The van der Waals surface area contributed by atoms with Crippen LogP contribution in [0.3, 0.4) is 0 Å². The smallest absolute Gasteiger partial charge is 0.0474 e. The predicted octanol–water partition coefficient (Wildman–Crippen LogP) is 3.82. The Balaban J connectivity index is 2.36. The lowest BCUT2D eigenvalue weighted by molar-refractivity contribution is 1.12. The van der Waals surface area contributed by atoms with Gasteiger partial charge in [-0.05, 0) is 35.5 Å². The summed E-state index contributed by atoms with van der Waals surface area (Å²) in [6, 6.07) is 8.47. The molecular formula is C12H13Cl. The van der Waals surface area contributed by atoms with Gasteiger partial charge in [-0.15, -0.1) is 11.6 Å². The van der Waals surface area contributed by atoms with Crippen molar-refractivity contribution in [3.05, 3.63) is 42.0 Å². The van der Waals surface area contributed by atoms with E-state index in [1.807, 2.05) is 0 Å². The summed E-state index contributed by atoms with van der Waals surface area (Å²) in [5.74, 6) is 1.31. The molecule has 1 aliphatic carbocycles. The summed E-state index contributed by atoms with van der Waals surface area (Å²) in [4.78, 5) is 0. The lowest BCUT2D eigenvalue weighted by Gasteiger charge is -2.08. The highest BCUT2D eigenvalue weighted by Gasteiger charge is 2.25. The highest BCUT2D eigenvalue weighted by molar-refractivity contribution is 6.23. The van der Waals surface area contributed by atoms with Gasteiger partial charge >= 0.3 is 0 Å². The lowest BCUT2D eigenvalue weighted by atomic mass is 9.99. The van der Waals surface area contributed by atoms with Crippen molar-refractivity contribution in [2.24, 2.45) is 0 Å². The van der Waals surface area contributed by atoms with Crippen molar-refractivity contribution < 1.29 is 0 Å². The van der Waals surface area contributed by atoms with E-state index in [9.17, 15) is 0 Å². The van der Waals surface area contributed by atoms with E-state index in [4.69, 9.17) is 11.6 Å². The molecule has 0 amide bonds. The van der Waals surface area contributed by atoms with E-state index >= 15 is 0 Å². The Kier molecular flexibility index (Phi) is 2.41. The summed E-state index contributed by atoms with van der Waals surface area (Å²) < 4.78 is 0. The van der Waals surface area contributed by atoms with Gasteiger partial charge in [0.25, 0.3) is 0 Å². The number of hydrogen-bond acceptors (Lipinski definition) is 0. The summed E-state index contributed by atoms with van der Waals surface area (Å²) in [5.41, 5.74) is 3.75. The summed E-state index contributed by atoms with van der Waals surface area (Å²) in [5, 5.41) is 0. The molecule has 0 heterocycles. The molecule has 0 N–H and O–H groups in total. The van der Waals surface area contributed by atoms with Crippen LogP contribution in [0.4, 0.5) is 0 Å². The zero-order valence-electron chi connectivity index (χ0n) is 7.59. The molecular weight excluding hydrogens is 180 g/mol. The second-order valence-corrected chi connectivity index (χ2v) is 3.87. The van der Waals surface area contributed by atoms with Crippen LogP contribution in [0.1, 0.15) is 29.9 Å². The fraction of sp³-hybridized carbons (Fsp3) is 0.333. The summed E-state index contributed by atoms with van der Waals surface area (Å²) >= 11 is 5.78. The summed E-state index contributed by atoms with van der Waals surface area (Å²) in [7, 11) is 0. The zero-order chi connectivity index (χ0) is 9.26. The van der Waals surface area contributed by atoms with Crippen LogP contribution in [0.5, 0.6) is 0 Å². The third-order valence-corrected chi connectivity index (χ3v) is 2.84. The van der Waals surface area contributed by atoms with Crippen molar-refractivity contribution in [1.82, 2.24) is 0 Å². The lowest BCUT2D eigenvalue weighted by Crippen LogP contribution is -1.91. The maximum absolute atomic E-state index is 5.78. The number of alkyl halides is 1. The van der Waals surface area contributed by atoms with Crippen molar-refractivity contribution in [2.75, 3.05) is 5.88 Å². The largest absolute Gasteiger partial charge is 0.122 e. The first-order chi connectivity index (χ1) is 6.33. The van der Waals surface area contributed by atoms with Crippen molar-refractivity contribution in [2.45, 2.75) is 18.8 Å². The zero-order valence-corrected chi connectivity index (χ0v) is 8.35. The van der Waals surface area contributed by atoms with Crippen LogP contribution < -0.4 is 0 Å². The van der Waals surface area contributed by atoms with Gasteiger partial charge in [0.1, 0.15) is 0 Å². The van der Waals surface area contributed by atoms with Crippen molar-refractivity contribution in [3.8, 4) is 0 Å². The third kappa shape index (κ3) is 1.78. The van der Waals surface area contributed by atoms with E-state index in [-0.39, 0.29) is 0 Å². The highest BCUT2D eigenvalue weighted by Crippen LogP contribution is 2.42. The fourth-order valence-electron chi connectivity index (χ4n) is 1.64. The average molecular weight is 193 g/mol. The van der Waals surface area contributed by atoms with Crippen LogP contribution in [-0.2, 0) is 0 Å². The minimum absolute atomic E-state index is 0.531. The van der Waals surface area contributed by atoms with E-state index in [1.54, 1.807) is 0 Å². The van der Waals surface area contributed by atoms with Crippen LogP contribution in [0.2, 0.25) is 0 Å². The van der Waals surface area contributed by atoms with Gasteiger partial charge in [-0.2, -0.15) is 0 Å². The first kappa shape index (κ1) is 8.83. The third-order valence-electron chi connectivity index (χ3n) is 2.52. The number of benzene rings is 1. The van der Waals surface area contributed by atoms with Gasteiger partial charge in [0.05, 0.1) is 0 Å². The Morgan fingerprint density at radius 1 is 1.38 bits per heavy atom. The number of rotatable bonds is 3.